The molecule has 1 N–H and O–H groups in total. The largest absolute Gasteiger partial charge is 0.379 e. The summed E-state index contributed by atoms with van der Waals surface area (Å²) in [6.45, 7) is 3.50. The lowest BCUT2D eigenvalue weighted by molar-refractivity contribution is 0.0537. The SMILES string of the molecule is CC1(Nc2nc(Cl)nc(-n3cccn3)n2)CCCOC1. The van der Waals surface area contributed by atoms with Gasteiger partial charge in [-0.2, -0.15) is 20.1 Å². The van der Waals surface area contributed by atoms with Crippen LogP contribution >= 0.6 is 11.6 Å². The number of hydrogen-bond acceptors (Lipinski definition) is 6. The van der Waals surface area contributed by atoms with Crippen molar-refractivity contribution < 1.29 is 4.74 Å². The van der Waals surface area contributed by atoms with Crippen molar-refractivity contribution in [3.05, 3.63) is 23.7 Å². The summed E-state index contributed by atoms with van der Waals surface area (Å²) < 4.78 is 7.05. The summed E-state index contributed by atoms with van der Waals surface area (Å²) in [6, 6.07) is 1.79. The number of anilines is 1. The second kappa shape index (κ2) is 5.34. The number of nitrogens with one attached hydrogen (secondary N) is 1. The minimum Gasteiger partial charge on any atom is -0.379 e. The molecule has 1 aliphatic rings. The Labute approximate surface area is 121 Å². The lowest BCUT2D eigenvalue weighted by atomic mass is 9.95. The molecule has 1 atom stereocenters. The average Bonchev–Trinajstić information content (AvgIpc) is 2.92. The first kappa shape index (κ1) is 13.3. The molecule has 3 heterocycles. The van der Waals surface area contributed by atoms with E-state index in [-0.39, 0.29) is 10.8 Å². The summed E-state index contributed by atoms with van der Waals surface area (Å²) in [6.07, 6.45) is 5.41. The van der Waals surface area contributed by atoms with Gasteiger partial charge in [-0.1, -0.05) is 0 Å². The Morgan fingerprint density at radius 3 is 3.00 bits per heavy atom. The van der Waals surface area contributed by atoms with Crippen molar-refractivity contribution in [2.75, 3.05) is 18.5 Å². The number of nitrogens with zero attached hydrogens (tertiary/aromatic N) is 5. The van der Waals surface area contributed by atoms with Crippen molar-refractivity contribution in [1.82, 2.24) is 24.7 Å². The average molecular weight is 295 g/mol. The molecule has 1 aliphatic heterocycles. The van der Waals surface area contributed by atoms with Crippen LogP contribution in [-0.4, -0.2) is 43.5 Å². The van der Waals surface area contributed by atoms with Gasteiger partial charge in [0.2, 0.25) is 11.2 Å². The molecule has 0 aliphatic carbocycles. The minimum atomic E-state index is -0.190. The van der Waals surface area contributed by atoms with E-state index in [0.29, 0.717) is 18.5 Å². The molecule has 20 heavy (non-hydrogen) atoms. The van der Waals surface area contributed by atoms with Gasteiger partial charge in [0.1, 0.15) is 0 Å². The third-order valence-electron chi connectivity index (χ3n) is 3.16. The fourth-order valence-corrected chi connectivity index (χ4v) is 2.34. The third kappa shape index (κ3) is 2.88. The standard InChI is InChI=1S/C12H15ClN6O/c1-12(4-2-7-20-8-12)18-10-15-9(13)16-11(17-10)19-6-3-5-14-19/h3,5-6H,2,4,7-8H2,1H3,(H,15,16,17,18). The van der Waals surface area contributed by atoms with Gasteiger partial charge in [0.25, 0.3) is 5.95 Å². The number of rotatable bonds is 3. The molecule has 2 aromatic rings. The Kier molecular flexibility index (Phi) is 3.54. The van der Waals surface area contributed by atoms with Crippen molar-refractivity contribution in [3.8, 4) is 5.95 Å². The Bertz CT molecular complexity index is 582. The second-order valence-corrected chi connectivity index (χ2v) is 5.36. The summed E-state index contributed by atoms with van der Waals surface area (Å²) in [5.74, 6) is 0.821. The zero-order chi connectivity index (χ0) is 14.0. The van der Waals surface area contributed by atoms with E-state index in [4.69, 9.17) is 16.3 Å². The molecule has 0 saturated carbocycles. The Hall–Kier alpha value is -1.73. The maximum Gasteiger partial charge on any atom is 0.256 e. The normalized spacial score (nSPS) is 22.7. The predicted molar refractivity (Wildman–Crippen MR) is 74.0 cm³/mol. The van der Waals surface area contributed by atoms with Gasteiger partial charge in [0.15, 0.2) is 0 Å². The Morgan fingerprint density at radius 2 is 2.30 bits per heavy atom. The smallest absolute Gasteiger partial charge is 0.256 e. The lowest BCUT2D eigenvalue weighted by Crippen LogP contribution is -2.43. The van der Waals surface area contributed by atoms with Gasteiger partial charge in [0, 0.05) is 19.0 Å². The summed E-state index contributed by atoms with van der Waals surface area (Å²) in [4.78, 5) is 12.5. The molecule has 0 spiro atoms. The van der Waals surface area contributed by atoms with E-state index in [0.717, 1.165) is 19.4 Å². The van der Waals surface area contributed by atoms with E-state index in [1.165, 1.54) is 0 Å². The molecule has 0 radical (unpaired) electrons. The number of hydrogen-bond donors (Lipinski definition) is 1. The van der Waals surface area contributed by atoms with Crippen LogP contribution in [0.2, 0.25) is 5.28 Å². The van der Waals surface area contributed by atoms with E-state index in [2.05, 4.69) is 32.3 Å². The number of aromatic nitrogens is 5. The zero-order valence-corrected chi connectivity index (χ0v) is 11.8. The van der Waals surface area contributed by atoms with Crippen LogP contribution < -0.4 is 5.32 Å². The van der Waals surface area contributed by atoms with Crippen molar-refractivity contribution in [3.63, 3.8) is 0 Å². The molecule has 2 aromatic heterocycles. The first-order chi connectivity index (χ1) is 9.65. The molecular weight excluding hydrogens is 280 g/mol. The fourth-order valence-electron chi connectivity index (χ4n) is 2.19. The van der Waals surface area contributed by atoms with Crippen LogP contribution in [0.4, 0.5) is 5.95 Å². The lowest BCUT2D eigenvalue weighted by Gasteiger charge is -2.34. The second-order valence-electron chi connectivity index (χ2n) is 5.02. The van der Waals surface area contributed by atoms with Gasteiger partial charge in [0.05, 0.1) is 12.1 Å². The van der Waals surface area contributed by atoms with E-state index >= 15 is 0 Å². The maximum absolute atomic E-state index is 5.96. The number of halogens is 1. The van der Waals surface area contributed by atoms with Crippen LogP contribution in [0, 0.1) is 0 Å². The monoisotopic (exact) mass is 294 g/mol. The molecule has 1 unspecified atom stereocenters. The maximum atomic E-state index is 5.96. The molecule has 106 valence electrons. The summed E-state index contributed by atoms with van der Waals surface area (Å²) in [5.41, 5.74) is -0.190. The van der Waals surface area contributed by atoms with Crippen molar-refractivity contribution in [2.24, 2.45) is 0 Å². The van der Waals surface area contributed by atoms with Gasteiger partial charge in [-0.3, -0.25) is 0 Å². The predicted octanol–water partition coefficient (Wildman–Crippen LogP) is 1.69. The van der Waals surface area contributed by atoms with E-state index in [1.807, 2.05) is 0 Å². The highest BCUT2D eigenvalue weighted by Crippen LogP contribution is 2.23. The molecule has 8 heteroatoms. The van der Waals surface area contributed by atoms with Gasteiger partial charge < -0.3 is 10.1 Å². The van der Waals surface area contributed by atoms with E-state index in [9.17, 15) is 0 Å². The molecule has 3 rings (SSSR count). The highest BCUT2D eigenvalue weighted by atomic mass is 35.5. The molecule has 0 aromatic carbocycles. The van der Waals surface area contributed by atoms with Crippen molar-refractivity contribution in [1.29, 1.82) is 0 Å². The van der Waals surface area contributed by atoms with Gasteiger partial charge in [-0.15, -0.1) is 0 Å². The molecule has 1 saturated heterocycles. The van der Waals surface area contributed by atoms with E-state index < -0.39 is 0 Å². The minimum absolute atomic E-state index is 0.133. The topological polar surface area (TPSA) is 77.8 Å². The van der Waals surface area contributed by atoms with Gasteiger partial charge in [-0.05, 0) is 37.4 Å². The summed E-state index contributed by atoms with van der Waals surface area (Å²) >= 11 is 5.96. The van der Waals surface area contributed by atoms with Crippen LogP contribution in [0.15, 0.2) is 18.5 Å². The molecular formula is C12H15ClN6O. The van der Waals surface area contributed by atoms with Crippen LogP contribution in [-0.2, 0) is 4.74 Å². The van der Waals surface area contributed by atoms with Crippen molar-refractivity contribution in [2.45, 2.75) is 25.3 Å². The number of ether oxygens (including phenoxy) is 1. The van der Waals surface area contributed by atoms with Crippen LogP contribution in [0.25, 0.3) is 5.95 Å². The van der Waals surface area contributed by atoms with Gasteiger partial charge in [-0.25, -0.2) is 4.68 Å². The zero-order valence-electron chi connectivity index (χ0n) is 11.1. The van der Waals surface area contributed by atoms with Gasteiger partial charge >= 0.3 is 0 Å². The van der Waals surface area contributed by atoms with Crippen molar-refractivity contribution >= 4 is 17.5 Å². The Balaban J connectivity index is 1.86. The fraction of sp³-hybridized carbons (Fsp3) is 0.500. The highest BCUT2D eigenvalue weighted by molar-refractivity contribution is 6.28. The molecule has 1 fully saturated rings. The third-order valence-corrected chi connectivity index (χ3v) is 3.33. The molecule has 0 bridgehead atoms. The summed E-state index contributed by atoms with van der Waals surface area (Å²) in [5, 5.41) is 7.51. The Morgan fingerprint density at radius 1 is 1.40 bits per heavy atom. The summed E-state index contributed by atoms with van der Waals surface area (Å²) in [7, 11) is 0. The van der Waals surface area contributed by atoms with Crippen LogP contribution in [0.3, 0.4) is 0 Å². The highest BCUT2D eigenvalue weighted by Gasteiger charge is 2.28. The van der Waals surface area contributed by atoms with Crippen LogP contribution in [0.5, 0.6) is 0 Å². The first-order valence-corrected chi connectivity index (χ1v) is 6.80. The molecule has 0 amide bonds. The quantitative estimate of drug-likeness (QED) is 0.928. The first-order valence-electron chi connectivity index (χ1n) is 6.42. The van der Waals surface area contributed by atoms with E-state index in [1.54, 1.807) is 23.1 Å². The molecule has 7 nitrogen and oxygen atoms in total. The van der Waals surface area contributed by atoms with Crippen LogP contribution in [0.1, 0.15) is 19.8 Å².